The molecule has 0 aromatic rings. The lowest BCUT2D eigenvalue weighted by molar-refractivity contribution is -0.151. The van der Waals surface area contributed by atoms with Crippen LogP contribution in [-0.4, -0.2) is 23.3 Å². The summed E-state index contributed by atoms with van der Waals surface area (Å²) in [4.78, 5) is 13.3. The molecule has 0 aromatic carbocycles. The summed E-state index contributed by atoms with van der Waals surface area (Å²) in [6.07, 6.45) is 52.7. The average Bonchev–Trinajstić information content (AvgIpc) is 4.08. The quantitative estimate of drug-likeness (QED) is 0.0388. The van der Waals surface area contributed by atoms with E-state index in [0.717, 1.165) is 62.2 Å². The molecule has 0 amide bonds. The first kappa shape index (κ1) is 47.5. The van der Waals surface area contributed by atoms with Gasteiger partial charge in [-0.1, -0.05) is 200 Å². The fourth-order valence-electron chi connectivity index (χ4n) is 10.2. The third-order valence-corrected chi connectivity index (χ3v) is 14.2. The highest BCUT2D eigenvalue weighted by atomic mass is 16.5. The van der Waals surface area contributed by atoms with Crippen LogP contribution in [0.3, 0.4) is 0 Å². The number of hydrogen-bond donors (Lipinski definition) is 1. The van der Waals surface area contributed by atoms with Gasteiger partial charge in [-0.2, -0.15) is 0 Å². The number of carbonyl (C=O) groups is 1. The molecule has 3 aliphatic carbocycles. The first-order chi connectivity index (χ1) is 26.5. The van der Waals surface area contributed by atoms with E-state index in [-0.39, 0.29) is 30.0 Å². The van der Waals surface area contributed by atoms with Gasteiger partial charge < -0.3 is 9.84 Å². The Kier molecular flexibility index (Phi) is 27.5. The van der Waals surface area contributed by atoms with E-state index in [4.69, 9.17) is 4.74 Å². The van der Waals surface area contributed by atoms with Crippen LogP contribution in [0.25, 0.3) is 0 Å². The second-order valence-corrected chi connectivity index (χ2v) is 19.0. The monoisotopic (exact) mass is 755 g/mol. The number of carbonyl (C=O) groups excluding carboxylic acids is 1. The second-order valence-electron chi connectivity index (χ2n) is 19.0. The molecule has 3 nitrogen and oxygen atoms in total. The van der Waals surface area contributed by atoms with Crippen molar-refractivity contribution in [1.29, 1.82) is 0 Å². The van der Waals surface area contributed by atoms with Crippen LogP contribution in [0.2, 0.25) is 0 Å². The normalized spacial score (nSPS) is 25.4. The molecule has 3 rings (SSSR count). The largest absolute Gasteiger partial charge is 0.462 e. The zero-order valence-corrected chi connectivity index (χ0v) is 36.7. The third-order valence-electron chi connectivity index (χ3n) is 14.2. The first-order valence-corrected chi connectivity index (χ1v) is 25.1. The lowest BCUT2D eigenvalue weighted by atomic mass is 9.89. The number of aliphatic hydroxyl groups excluding tert-OH is 1. The second kappa shape index (κ2) is 31.2. The van der Waals surface area contributed by atoms with Crippen LogP contribution in [0, 0.1) is 35.5 Å². The molecule has 0 bridgehead atoms. The van der Waals surface area contributed by atoms with Crippen LogP contribution in [0.15, 0.2) is 12.2 Å². The average molecular weight is 755 g/mol. The maximum atomic E-state index is 13.3. The first-order valence-electron chi connectivity index (χ1n) is 25.1. The molecule has 0 radical (unpaired) electrons. The Morgan fingerprint density at radius 2 is 0.944 bits per heavy atom. The van der Waals surface area contributed by atoms with Gasteiger partial charge in [-0.05, 0) is 99.7 Å². The van der Waals surface area contributed by atoms with E-state index >= 15 is 0 Å². The van der Waals surface area contributed by atoms with E-state index in [1.54, 1.807) is 0 Å². The Balaban J connectivity index is 1.24. The molecule has 3 saturated carbocycles. The summed E-state index contributed by atoms with van der Waals surface area (Å²) in [5, 5.41) is 10.6. The van der Waals surface area contributed by atoms with Gasteiger partial charge in [-0.25, -0.2) is 0 Å². The standard InChI is InChI=1S/C51H94O3/c1-4-7-10-12-18-25-31-43-40-45(43)33-27-20-14-16-22-29-35-48(54-51(53)42-47-38-39-50(52)49(47)37-24-9-6-3)36-30-23-17-15-21-28-34-46-41-44(46)32-26-19-13-11-8-5-2/h9,24,43-50,52H,4-8,10-23,25-42H2,1-3H3/b24-9-. The van der Waals surface area contributed by atoms with Crippen molar-refractivity contribution >= 4 is 5.97 Å². The molecule has 0 heterocycles. The molecule has 54 heavy (non-hydrogen) atoms. The molecular formula is C51H94O3. The van der Waals surface area contributed by atoms with E-state index < -0.39 is 0 Å². The summed E-state index contributed by atoms with van der Waals surface area (Å²) in [5.41, 5.74) is 0. The number of aliphatic hydroxyl groups is 1. The number of rotatable bonds is 38. The smallest absolute Gasteiger partial charge is 0.306 e. The molecule has 3 heteroatoms. The zero-order chi connectivity index (χ0) is 38.5. The summed E-state index contributed by atoms with van der Waals surface area (Å²) in [7, 11) is 0. The molecule has 0 saturated heterocycles. The van der Waals surface area contributed by atoms with Crippen LogP contribution >= 0.6 is 0 Å². The highest BCUT2D eigenvalue weighted by Crippen LogP contribution is 2.46. The maximum absolute atomic E-state index is 13.3. The molecule has 3 fully saturated rings. The van der Waals surface area contributed by atoms with Crippen molar-refractivity contribution in [1.82, 2.24) is 0 Å². The van der Waals surface area contributed by atoms with Gasteiger partial charge in [-0.15, -0.1) is 0 Å². The topological polar surface area (TPSA) is 46.5 Å². The van der Waals surface area contributed by atoms with Gasteiger partial charge in [-0.3, -0.25) is 4.79 Å². The number of hydrogen-bond acceptors (Lipinski definition) is 3. The van der Waals surface area contributed by atoms with Crippen LogP contribution in [0.4, 0.5) is 0 Å². The van der Waals surface area contributed by atoms with E-state index in [1.807, 2.05) is 0 Å². The summed E-state index contributed by atoms with van der Waals surface area (Å²) in [5.74, 6) is 4.71. The minimum Gasteiger partial charge on any atom is -0.462 e. The molecule has 7 unspecified atom stereocenters. The van der Waals surface area contributed by atoms with Crippen molar-refractivity contribution in [2.24, 2.45) is 35.5 Å². The van der Waals surface area contributed by atoms with E-state index in [1.165, 1.54) is 193 Å². The highest BCUT2D eigenvalue weighted by Gasteiger charge is 2.37. The van der Waals surface area contributed by atoms with Crippen molar-refractivity contribution in [3.05, 3.63) is 12.2 Å². The predicted octanol–water partition coefficient (Wildman–Crippen LogP) is 16.0. The van der Waals surface area contributed by atoms with Gasteiger partial charge >= 0.3 is 5.97 Å². The molecule has 0 aromatic heterocycles. The van der Waals surface area contributed by atoms with Gasteiger partial charge in [0.15, 0.2) is 0 Å². The molecule has 0 spiro atoms. The number of unbranched alkanes of at least 4 members (excludes halogenated alkanes) is 20. The molecule has 7 atom stereocenters. The Labute approximate surface area is 337 Å². The van der Waals surface area contributed by atoms with Gasteiger partial charge in [0, 0.05) is 6.42 Å². The van der Waals surface area contributed by atoms with Gasteiger partial charge in [0.1, 0.15) is 6.10 Å². The third kappa shape index (κ3) is 22.8. The summed E-state index contributed by atoms with van der Waals surface area (Å²) in [6, 6.07) is 0. The Bertz CT molecular complexity index is 866. The molecule has 0 aliphatic heterocycles. The van der Waals surface area contributed by atoms with E-state index in [0.29, 0.717) is 6.42 Å². The summed E-state index contributed by atoms with van der Waals surface area (Å²) >= 11 is 0. The van der Waals surface area contributed by atoms with E-state index in [2.05, 4.69) is 32.9 Å². The van der Waals surface area contributed by atoms with Gasteiger partial charge in [0.2, 0.25) is 0 Å². The van der Waals surface area contributed by atoms with Crippen LogP contribution in [0.1, 0.15) is 258 Å². The van der Waals surface area contributed by atoms with E-state index in [9.17, 15) is 9.90 Å². The SMILES string of the molecule is CC/C=C\CC1C(O)CCC1CC(=O)OC(CCCCCCCCC1CC1CCCCCCCC)CCCCCCCCC1CC1CCCCCCCC. The summed E-state index contributed by atoms with van der Waals surface area (Å²) in [6.45, 7) is 6.77. The number of esters is 1. The number of allylic oxidation sites excluding steroid dienone is 2. The lowest BCUT2D eigenvalue weighted by Crippen LogP contribution is -2.24. The lowest BCUT2D eigenvalue weighted by Gasteiger charge is -2.23. The maximum Gasteiger partial charge on any atom is 0.306 e. The molecule has 1 N–H and O–H groups in total. The Morgan fingerprint density at radius 1 is 0.537 bits per heavy atom. The minimum atomic E-state index is -0.272. The predicted molar refractivity (Wildman–Crippen MR) is 234 cm³/mol. The van der Waals surface area contributed by atoms with Crippen LogP contribution in [-0.2, 0) is 9.53 Å². The highest BCUT2D eigenvalue weighted by molar-refractivity contribution is 5.70. The van der Waals surface area contributed by atoms with Crippen molar-refractivity contribution in [3.8, 4) is 0 Å². The van der Waals surface area contributed by atoms with Crippen molar-refractivity contribution < 1.29 is 14.6 Å². The van der Waals surface area contributed by atoms with Crippen molar-refractivity contribution in [2.75, 3.05) is 0 Å². The minimum absolute atomic E-state index is 0.00619. The fourth-order valence-corrected chi connectivity index (χ4v) is 10.2. The summed E-state index contributed by atoms with van der Waals surface area (Å²) < 4.78 is 6.26. The zero-order valence-electron chi connectivity index (χ0n) is 36.7. The fraction of sp³-hybridized carbons (Fsp3) is 0.941. The molecule has 3 aliphatic rings. The molecule has 316 valence electrons. The molecular weight excluding hydrogens is 661 g/mol. The Hall–Kier alpha value is -0.830. The van der Waals surface area contributed by atoms with Gasteiger partial charge in [0.25, 0.3) is 0 Å². The Morgan fingerprint density at radius 3 is 1.37 bits per heavy atom. The van der Waals surface area contributed by atoms with Crippen molar-refractivity contribution in [2.45, 2.75) is 271 Å². The number of ether oxygens (including phenoxy) is 1. The van der Waals surface area contributed by atoms with Gasteiger partial charge in [0.05, 0.1) is 6.10 Å². The van der Waals surface area contributed by atoms with Crippen molar-refractivity contribution in [3.63, 3.8) is 0 Å². The van der Waals surface area contributed by atoms with Crippen LogP contribution in [0.5, 0.6) is 0 Å². The van der Waals surface area contributed by atoms with Crippen LogP contribution < -0.4 is 0 Å².